The molecule has 1 unspecified atom stereocenters. The summed E-state index contributed by atoms with van der Waals surface area (Å²) in [6, 6.07) is 0.0155. The van der Waals surface area contributed by atoms with Crippen molar-refractivity contribution in [2.45, 2.75) is 38.1 Å². The van der Waals surface area contributed by atoms with Crippen LogP contribution in [0.25, 0.3) is 0 Å². The van der Waals surface area contributed by atoms with Gasteiger partial charge in [-0.1, -0.05) is 0 Å². The minimum Gasteiger partial charge on any atom is -0.368 e. The molecule has 0 bridgehead atoms. The predicted octanol–water partition coefficient (Wildman–Crippen LogP) is 0.326. The summed E-state index contributed by atoms with van der Waals surface area (Å²) in [7, 11) is 0. The van der Waals surface area contributed by atoms with E-state index in [4.69, 9.17) is 5.73 Å². The first-order chi connectivity index (χ1) is 7.77. The number of nitrogens with zero attached hydrogens (tertiary/aromatic N) is 1. The van der Waals surface area contributed by atoms with Crippen LogP contribution in [0.5, 0.6) is 0 Å². The molecule has 4 nitrogen and oxygen atoms in total. The fourth-order valence-electron chi connectivity index (χ4n) is 2.93. The molecule has 0 radical (unpaired) electrons. The van der Waals surface area contributed by atoms with Crippen LogP contribution in [0.15, 0.2) is 0 Å². The van der Waals surface area contributed by atoms with Crippen molar-refractivity contribution in [3.63, 3.8) is 0 Å². The Labute approximate surface area is 97.6 Å². The van der Waals surface area contributed by atoms with Gasteiger partial charge in [-0.25, -0.2) is 0 Å². The average Bonchev–Trinajstić information content (AvgIpc) is 2.76. The van der Waals surface area contributed by atoms with Crippen LogP contribution in [-0.2, 0) is 4.79 Å². The Balaban J connectivity index is 1.73. The highest BCUT2D eigenvalue weighted by Gasteiger charge is 2.29. The molecular weight excluding hydrogens is 202 g/mol. The summed E-state index contributed by atoms with van der Waals surface area (Å²) in [4.78, 5) is 13.5. The largest absolute Gasteiger partial charge is 0.368 e. The highest BCUT2D eigenvalue weighted by Crippen LogP contribution is 2.21. The van der Waals surface area contributed by atoms with Gasteiger partial charge < -0.3 is 11.1 Å². The van der Waals surface area contributed by atoms with E-state index in [0.717, 1.165) is 44.9 Å². The van der Waals surface area contributed by atoms with Crippen LogP contribution < -0.4 is 11.1 Å². The SMILES string of the molecule is NC(=O)C1CCCN1CCC1CCNCC1. The van der Waals surface area contributed by atoms with Crippen LogP contribution in [0.3, 0.4) is 0 Å². The van der Waals surface area contributed by atoms with Crippen molar-refractivity contribution in [1.29, 1.82) is 0 Å². The van der Waals surface area contributed by atoms with Crippen molar-refractivity contribution in [2.24, 2.45) is 11.7 Å². The highest BCUT2D eigenvalue weighted by molar-refractivity contribution is 5.80. The van der Waals surface area contributed by atoms with Gasteiger partial charge in [0.1, 0.15) is 0 Å². The Hall–Kier alpha value is -0.610. The van der Waals surface area contributed by atoms with E-state index in [1.165, 1.54) is 19.3 Å². The number of likely N-dealkylation sites (tertiary alicyclic amines) is 1. The highest BCUT2D eigenvalue weighted by atomic mass is 16.1. The summed E-state index contributed by atoms with van der Waals surface area (Å²) < 4.78 is 0. The zero-order valence-electron chi connectivity index (χ0n) is 9.95. The van der Waals surface area contributed by atoms with E-state index in [0.29, 0.717) is 0 Å². The molecule has 16 heavy (non-hydrogen) atoms. The number of carbonyl (C=O) groups is 1. The van der Waals surface area contributed by atoms with Gasteiger partial charge in [0, 0.05) is 0 Å². The summed E-state index contributed by atoms with van der Waals surface area (Å²) in [5.74, 6) is 0.707. The Morgan fingerprint density at radius 3 is 2.75 bits per heavy atom. The van der Waals surface area contributed by atoms with Crippen molar-refractivity contribution in [3.8, 4) is 0 Å². The molecule has 0 aromatic rings. The van der Waals surface area contributed by atoms with Gasteiger partial charge in [0.2, 0.25) is 5.91 Å². The average molecular weight is 225 g/mol. The molecule has 0 aliphatic carbocycles. The fourth-order valence-corrected chi connectivity index (χ4v) is 2.93. The summed E-state index contributed by atoms with van der Waals surface area (Å²) in [5, 5.41) is 3.38. The van der Waals surface area contributed by atoms with Crippen LogP contribution in [0, 0.1) is 5.92 Å². The van der Waals surface area contributed by atoms with Crippen LogP contribution in [-0.4, -0.2) is 43.0 Å². The van der Waals surface area contributed by atoms with E-state index >= 15 is 0 Å². The molecule has 4 heteroatoms. The van der Waals surface area contributed by atoms with Gasteiger partial charge in [-0.15, -0.1) is 0 Å². The van der Waals surface area contributed by atoms with Crippen LogP contribution >= 0.6 is 0 Å². The van der Waals surface area contributed by atoms with Gasteiger partial charge in [-0.2, -0.15) is 0 Å². The molecule has 0 spiro atoms. The number of piperidine rings is 1. The molecular formula is C12H23N3O. The normalized spacial score (nSPS) is 28.4. The first kappa shape index (κ1) is 11.9. The second kappa shape index (κ2) is 5.64. The van der Waals surface area contributed by atoms with Gasteiger partial charge in [-0.05, 0) is 64.2 Å². The third-order valence-electron chi connectivity index (χ3n) is 3.98. The van der Waals surface area contributed by atoms with Crippen molar-refractivity contribution in [2.75, 3.05) is 26.2 Å². The summed E-state index contributed by atoms with van der Waals surface area (Å²) >= 11 is 0. The number of rotatable bonds is 4. The number of amides is 1. The van der Waals surface area contributed by atoms with E-state index < -0.39 is 0 Å². The number of nitrogens with two attached hydrogens (primary N) is 1. The maximum Gasteiger partial charge on any atom is 0.234 e. The van der Waals surface area contributed by atoms with Crippen LogP contribution in [0.1, 0.15) is 32.1 Å². The van der Waals surface area contributed by atoms with Crippen LogP contribution in [0.4, 0.5) is 0 Å². The molecule has 2 heterocycles. The molecule has 2 rings (SSSR count). The molecule has 92 valence electrons. The van der Waals surface area contributed by atoms with Crippen molar-refractivity contribution in [1.82, 2.24) is 10.2 Å². The van der Waals surface area contributed by atoms with E-state index in [1.807, 2.05) is 0 Å². The maximum atomic E-state index is 11.2. The maximum absolute atomic E-state index is 11.2. The van der Waals surface area contributed by atoms with E-state index in [2.05, 4.69) is 10.2 Å². The van der Waals surface area contributed by atoms with Crippen LogP contribution in [0.2, 0.25) is 0 Å². The molecule has 0 aromatic heterocycles. The van der Waals surface area contributed by atoms with Crippen molar-refractivity contribution in [3.05, 3.63) is 0 Å². The molecule has 2 saturated heterocycles. The minimum absolute atomic E-state index is 0.0155. The number of hydrogen-bond donors (Lipinski definition) is 2. The molecule has 1 amide bonds. The first-order valence-corrected chi connectivity index (χ1v) is 6.51. The molecule has 0 saturated carbocycles. The number of carbonyl (C=O) groups excluding carboxylic acids is 1. The lowest BCUT2D eigenvalue weighted by Crippen LogP contribution is -2.41. The topological polar surface area (TPSA) is 58.4 Å². The van der Waals surface area contributed by atoms with Gasteiger partial charge >= 0.3 is 0 Å². The fraction of sp³-hybridized carbons (Fsp3) is 0.917. The molecule has 2 aliphatic heterocycles. The van der Waals surface area contributed by atoms with Crippen molar-refractivity contribution >= 4 is 5.91 Å². The lowest BCUT2D eigenvalue weighted by Gasteiger charge is -2.27. The smallest absolute Gasteiger partial charge is 0.234 e. The Morgan fingerprint density at radius 2 is 2.06 bits per heavy atom. The number of nitrogens with one attached hydrogen (secondary N) is 1. The van der Waals surface area contributed by atoms with E-state index in [9.17, 15) is 4.79 Å². The summed E-state index contributed by atoms with van der Waals surface area (Å²) in [6.07, 6.45) is 5.89. The lowest BCUT2D eigenvalue weighted by atomic mass is 9.94. The second-order valence-corrected chi connectivity index (χ2v) is 5.08. The quantitative estimate of drug-likeness (QED) is 0.725. The lowest BCUT2D eigenvalue weighted by molar-refractivity contribution is -0.122. The third kappa shape index (κ3) is 2.95. The molecule has 3 N–H and O–H groups in total. The van der Waals surface area contributed by atoms with E-state index in [-0.39, 0.29) is 11.9 Å². The Morgan fingerprint density at radius 1 is 1.31 bits per heavy atom. The monoisotopic (exact) mass is 225 g/mol. The zero-order chi connectivity index (χ0) is 11.4. The Kier molecular flexibility index (Phi) is 4.18. The van der Waals surface area contributed by atoms with Gasteiger partial charge in [0.25, 0.3) is 0 Å². The van der Waals surface area contributed by atoms with Gasteiger partial charge in [0.05, 0.1) is 6.04 Å². The molecule has 0 aromatic carbocycles. The van der Waals surface area contributed by atoms with Gasteiger partial charge in [-0.3, -0.25) is 9.69 Å². The minimum atomic E-state index is -0.136. The zero-order valence-corrected chi connectivity index (χ0v) is 9.95. The van der Waals surface area contributed by atoms with E-state index in [1.54, 1.807) is 0 Å². The molecule has 2 fully saturated rings. The molecule has 2 aliphatic rings. The number of hydrogen-bond acceptors (Lipinski definition) is 3. The standard InChI is InChI=1S/C12H23N3O/c13-12(16)11-2-1-8-15(11)9-5-10-3-6-14-7-4-10/h10-11,14H,1-9H2,(H2,13,16). The third-order valence-corrected chi connectivity index (χ3v) is 3.98. The summed E-state index contributed by atoms with van der Waals surface area (Å²) in [5.41, 5.74) is 5.41. The Bertz CT molecular complexity index is 238. The van der Waals surface area contributed by atoms with Gasteiger partial charge in [0.15, 0.2) is 0 Å². The van der Waals surface area contributed by atoms with Crippen molar-refractivity contribution < 1.29 is 4.79 Å². The predicted molar refractivity (Wildman–Crippen MR) is 64.0 cm³/mol. The second-order valence-electron chi connectivity index (χ2n) is 5.08. The molecule has 1 atom stereocenters. The first-order valence-electron chi connectivity index (χ1n) is 6.51. The number of primary amides is 1. The summed E-state index contributed by atoms with van der Waals surface area (Å²) in [6.45, 7) is 4.42.